The van der Waals surface area contributed by atoms with Gasteiger partial charge in [0.25, 0.3) is 5.91 Å². The predicted molar refractivity (Wildman–Crippen MR) is 129 cm³/mol. The highest BCUT2D eigenvalue weighted by Gasteiger charge is 2.17. The van der Waals surface area contributed by atoms with E-state index in [2.05, 4.69) is 10.6 Å². The zero-order chi connectivity index (χ0) is 23.1. The number of hydrogen-bond acceptors (Lipinski definition) is 5. The van der Waals surface area contributed by atoms with Gasteiger partial charge >= 0.3 is 0 Å². The molecule has 0 fully saturated rings. The van der Waals surface area contributed by atoms with E-state index in [4.69, 9.17) is 9.47 Å². The number of thioether (sulfide) groups is 1. The topological polar surface area (TPSA) is 76.7 Å². The molecule has 6 nitrogen and oxygen atoms in total. The Morgan fingerprint density at radius 3 is 2.34 bits per heavy atom. The van der Waals surface area contributed by atoms with Gasteiger partial charge in [0.1, 0.15) is 11.5 Å². The summed E-state index contributed by atoms with van der Waals surface area (Å²) in [7, 11) is 3.11. The van der Waals surface area contributed by atoms with E-state index in [9.17, 15) is 9.59 Å². The third-order valence-corrected chi connectivity index (χ3v) is 5.85. The third-order valence-electron chi connectivity index (χ3n) is 4.75. The van der Waals surface area contributed by atoms with Crippen LogP contribution in [0.1, 0.15) is 22.8 Å². The number of hydrogen-bond donors (Lipinski definition) is 2. The van der Waals surface area contributed by atoms with Crippen LogP contribution in [0, 0.1) is 6.92 Å². The van der Waals surface area contributed by atoms with Gasteiger partial charge in [-0.15, -0.1) is 11.8 Å². The molecular formula is C25H26N2O4S. The maximum atomic E-state index is 12.7. The minimum atomic E-state index is -0.371. The number of ether oxygens (including phenoxy) is 2. The molecule has 3 aromatic rings. The van der Waals surface area contributed by atoms with Gasteiger partial charge in [-0.3, -0.25) is 9.59 Å². The molecule has 3 aromatic carbocycles. The number of amides is 2. The van der Waals surface area contributed by atoms with E-state index in [1.807, 2.05) is 50.2 Å². The van der Waals surface area contributed by atoms with Gasteiger partial charge in [0.2, 0.25) is 5.91 Å². The van der Waals surface area contributed by atoms with Gasteiger partial charge in [-0.05, 0) is 56.3 Å². The van der Waals surface area contributed by atoms with Crippen LogP contribution in [0.25, 0.3) is 0 Å². The molecule has 0 aromatic heterocycles. The summed E-state index contributed by atoms with van der Waals surface area (Å²) in [4.78, 5) is 26.1. The lowest BCUT2D eigenvalue weighted by molar-refractivity contribution is -0.115. The summed E-state index contributed by atoms with van der Waals surface area (Å²) in [6.07, 6.45) is 0. The number of carbonyl (C=O) groups excluding carboxylic acids is 2. The molecule has 0 aliphatic heterocycles. The Labute approximate surface area is 192 Å². The van der Waals surface area contributed by atoms with Gasteiger partial charge in [0, 0.05) is 22.2 Å². The van der Waals surface area contributed by atoms with Crippen molar-refractivity contribution in [3.05, 3.63) is 77.9 Å². The van der Waals surface area contributed by atoms with Crippen molar-refractivity contribution in [3.8, 4) is 11.5 Å². The van der Waals surface area contributed by atoms with E-state index in [1.165, 1.54) is 11.8 Å². The summed E-state index contributed by atoms with van der Waals surface area (Å²) in [6, 6.07) is 20.1. The Hall–Kier alpha value is -3.45. The maximum absolute atomic E-state index is 12.7. The predicted octanol–water partition coefficient (Wildman–Crippen LogP) is 5.38. The van der Waals surface area contributed by atoms with Crippen LogP contribution < -0.4 is 20.1 Å². The third kappa shape index (κ3) is 6.04. The molecule has 0 saturated carbocycles. The Balaban J connectivity index is 1.64. The lowest BCUT2D eigenvalue weighted by Crippen LogP contribution is -2.22. The van der Waals surface area contributed by atoms with Crippen molar-refractivity contribution in [2.24, 2.45) is 0 Å². The normalized spacial score (nSPS) is 11.4. The summed E-state index contributed by atoms with van der Waals surface area (Å²) >= 11 is 1.40. The molecule has 166 valence electrons. The number of aryl methyl sites for hydroxylation is 1. The summed E-state index contributed by atoms with van der Waals surface area (Å²) in [6.45, 7) is 3.80. The zero-order valence-electron chi connectivity index (χ0n) is 18.5. The monoisotopic (exact) mass is 450 g/mol. The summed E-state index contributed by atoms with van der Waals surface area (Å²) in [5.74, 6) is 0.833. The van der Waals surface area contributed by atoms with Crippen molar-refractivity contribution < 1.29 is 19.1 Å². The molecule has 32 heavy (non-hydrogen) atoms. The highest BCUT2D eigenvalue weighted by molar-refractivity contribution is 8.00. The van der Waals surface area contributed by atoms with Crippen LogP contribution in [0.4, 0.5) is 11.4 Å². The molecule has 2 N–H and O–H groups in total. The van der Waals surface area contributed by atoms with Gasteiger partial charge in [-0.2, -0.15) is 0 Å². The quantitative estimate of drug-likeness (QED) is 0.451. The fraction of sp³-hybridized carbons (Fsp3) is 0.200. The average molecular weight is 451 g/mol. The molecule has 1 atom stereocenters. The van der Waals surface area contributed by atoms with Crippen LogP contribution >= 0.6 is 11.8 Å². The zero-order valence-corrected chi connectivity index (χ0v) is 19.3. The van der Waals surface area contributed by atoms with Crippen LogP contribution in [0.15, 0.2) is 71.6 Å². The first kappa shape index (κ1) is 23.2. The van der Waals surface area contributed by atoms with Crippen LogP contribution in [0.5, 0.6) is 11.5 Å². The average Bonchev–Trinajstić information content (AvgIpc) is 2.79. The van der Waals surface area contributed by atoms with Crippen LogP contribution in [0.2, 0.25) is 0 Å². The minimum Gasteiger partial charge on any atom is -0.497 e. The van der Waals surface area contributed by atoms with E-state index in [1.54, 1.807) is 44.6 Å². The summed E-state index contributed by atoms with van der Waals surface area (Å²) in [5.41, 5.74) is 2.93. The Morgan fingerprint density at radius 2 is 1.66 bits per heavy atom. The van der Waals surface area contributed by atoms with Gasteiger partial charge in [0.15, 0.2) is 0 Å². The van der Waals surface area contributed by atoms with Crippen molar-refractivity contribution in [2.45, 2.75) is 24.0 Å². The molecule has 3 rings (SSSR count). The van der Waals surface area contributed by atoms with E-state index < -0.39 is 0 Å². The van der Waals surface area contributed by atoms with Crippen molar-refractivity contribution >= 4 is 35.0 Å². The van der Waals surface area contributed by atoms with Crippen LogP contribution in [-0.2, 0) is 4.79 Å². The largest absolute Gasteiger partial charge is 0.497 e. The Kier molecular flexibility index (Phi) is 7.78. The Bertz CT molecular complexity index is 1100. The number of methoxy groups -OCH3 is 2. The van der Waals surface area contributed by atoms with Crippen LogP contribution in [0.3, 0.4) is 0 Å². The first-order valence-electron chi connectivity index (χ1n) is 10.1. The number of anilines is 2. The van der Waals surface area contributed by atoms with Crippen molar-refractivity contribution in [1.82, 2.24) is 0 Å². The van der Waals surface area contributed by atoms with Crippen molar-refractivity contribution in [3.63, 3.8) is 0 Å². The smallest absolute Gasteiger partial charge is 0.255 e. The SMILES string of the molecule is COc1ccc(NC(=O)C(C)Sc2cccc(NC(=O)c3ccc(C)cc3)c2)c(OC)c1. The molecule has 1 unspecified atom stereocenters. The molecular weight excluding hydrogens is 424 g/mol. The fourth-order valence-electron chi connectivity index (χ4n) is 2.95. The minimum absolute atomic E-state index is 0.160. The van der Waals surface area contributed by atoms with Gasteiger partial charge in [-0.25, -0.2) is 0 Å². The van der Waals surface area contributed by atoms with Gasteiger partial charge < -0.3 is 20.1 Å². The first-order valence-corrected chi connectivity index (χ1v) is 10.9. The van der Waals surface area contributed by atoms with E-state index in [-0.39, 0.29) is 17.1 Å². The number of nitrogens with one attached hydrogen (secondary N) is 2. The lowest BCUT2D eigenvalue weighted by atomic mass is 10.1. The maximum Gasteiger partial charge on any atom is 0.255 e. The second-order valence-corrected chi connectivity index (χ2v) is 8.58. The molecule has 2 amide bonds. The van der Waals surface area contributed by atoms with E-state index in [0.29, 0.717) is 28.4 Å². The first-order chi connectivity index (χ1) is 15.4. The number of rotatable bonds is 8. The molecule has 7 heteroatoms. The second kappa shape index (κ2) is 10.7. The molecule has 0 saturated heterocycles. The Morgan fingerprint density at radius 1 is 0.906 bits per heavy atom. The molecule has 0 heterocycles. The molecule has 0 radical (unpaired) electrons. The van der Waals surface area contributed by atoms with Gasteiger partial charge in [0.05, 0.1) is 25.2 Å². The molecule has 0 aliphatic rings. The standard InChI is InChI=1S/C25H26N2O4S/c1-16-8-10-18(11-9-16)25(29)26-19-6-5-7-21(14-19)32-17(2)24(28)27-22-13-12-20(30-3)15-23(22)31-4/h5-15,17H,1-4H3,(H,26,29)(H,27,28). The van der Waals surface area contributed by atoms with Crippen molar-refractivity contribution in [1.29, 1.82) is 0 Å². The highest BCUT2D eigenvalue weighted by Crippen LogP contribution is 2.31. The second-order valence-electron chi connectivity index (χ2n) is 7.16. The number of benzene rings is 3. The fourth-order valence-corrected chi connectivity index (χ4v) is 3.88. The molecule has 0 bridgehead atoms. The lowest BCUT2D eigenvalue weighted by Gasteiger charge is -2.15. The van der Waals surface area contributed by atoms with E-state index >= 15 is 0 Å². The van der Waals surface area contributed by atoms with Crippen LogP contribution in [-0.4, -0.2) is 31.3 Å². The van der Waals surface area contributed by atoms with E-state index in [0.717, 1.165) is 10.5 Å². The number of carbonyl (C=O) groups is 2. The van der Waals surface area contributed by atoms with Crippen molar-refractivity contribution in [2.75, 3.05) is 24.9 Å². The highest BCUT2D eigenvalue weighted by atomic mass is 32.2. The molecule has 0 aliphatic carbocycles. The summed E-state index contributed by atoms with van der Waals surface area (Å²) < 4.78 is 10.5. The van der Waals surface area contributed by atoms with Gasteiger partial charge in [-0.1, -0.05) is 23.8 Å². The summed E-state index contributed by atoms with van der Waals surface area (Å²) in [5, 5.41) is 5.43. The molecule has 0 spiro atoms.